The van der Waals surface area contributed by atoms with E-state index >= 15 is 0 Å². The highest BCUT2D eigenvalue weighted by atomic mass is 19.1. The molecule has 1 fully saturated rings. The highest BCUT2D eigenvalue weighted by molar-refractivity contribution is 5.92. The second-order valence-electron chi connectivity index (χ2n) is 8.74. The van der Waals surface area contributed by atoms with Crippen LogP contribution in [0, 0.1) is 26.6 Å². The van der Waals surface area contributed by atoms with E-state index in [-0.39, 0.29) is 24.2 Å². The molecule has 168 valence electrons. The Bertz CT molecular complexity index is 1430. The quantitative estimate of drug-likeness (QED) is 0.500. The molecular weight excluding hydrogens is 421 g/mol. The molecule has 33 heavy (non-hydrogen) atoms. The van der Waals surface area contributed by atoms with Gasteiger partial charge in [0.2, 0.25) is 5.91 Å². The van der Waals surface area contributed by atoms with Crippen LogP contribution in [0.5, 0.6) is 0 Å². The minimum Gasteiger partial charge on any atom is -0.324 e. The van der Waals surface area contributed by atoms with Gasteiger partial charge in [-0.25, -0.2) is 13.8 Å². The van der Waals surface area contributed by atoms with Crippen LogP contribution in [0.3, 0.4) is 0 Å². The SMILES string of the molecule is Cc1cc(C)c(NC(=O)Cn2nc(C3CC3)c3cnn(-c4ccc(F)cc4)c3c2=O)c(C)c1. The van der Waals surface area contributed by atoms with Crippen LogP contribution in [0.4, 0.5) is 10.1 Å². The summed E-state index contributed by atoms with van der Waals surface area (Å²) in [6, 6.07) is 9.79. The van der Waals surface area contributed by atoms with Crippen molar-refractivity contribution >= 4 is 22.5 Å². The summed E-state index contributed by atoms with van der Waals surface area (Å²) in [6.45, 7) is 5.68. The monoisotopic (exact) mass is 445 g/mol. The molecule has 0 spiro atoms. The minimum absolute atomic E-state index is 0.212. The maximum Gasteiger partial charge on any atom is 0.293 e. The molecule has 0 unspecified atom stereocenters. The van der Waals surface area contributed by atoms with Gasteiger partial charge in [0, 0.05) is 17.0 Å². The second-order valence-corrected chi connectivity index (χ2v) is 8.74. The molecule has 0 aliphatic heterocycles. The van der Waals surface area contributed by atoms with E-state index in [1.165, 1.54) is 21.5 Å². The van der Waals surface area contributed by atoms with Crippen LogP contribution in [0.1, 0.15) is 41.1 Å². The van der Waals surface area contributed by atoms with E-state index in [0.29, 0.717) is 16.6 Å². The molecule has 1 N–H and O–H groups in total. The molecule has 1 aliphatic carbocycles. The first-order valence-corrected chi connectivity index (χ1v) is 10.9. The minimum atomic E-state index is -0.413. The van der Waals surface area contributed by atoms with Crippen molar-refractivity contribution in [2.45, 2.75) is 46.1 Å². The molecule has 1 aliphatic rings. The zero-order valence-electron chi connectivity index (χ0n) is 18.7. The van der Waals surface area contributed by atoms with Gasteiger partial charge in [-0.1, -0.05) is 17.7 Å². The van der Waals surface area contributed by atoms with Gasteiger partial charge in [0.15, 0.2) is 0 Å². The number of amides is 1. The highest BCUT2D eigenvalue weighted by Crippen LogP contribution is 2.41. The summed E-state index contributed by atoms with van der Waals surface area (Å²) in [5, 5.41) is 12.6. The first kappa shape index (κ1) is 21.1. The molecule has 0 saturated heterocycles. The zero-order chi connectivity index (χ0) is 23.3. The van der Waals surface area contributed by atoms with Crippen LogP contribution in [0.25, 0.3) is 16.6 Å². The molecule has 4 aromatic rings. The first-order valence-electron chi connectivity index (χ1n) is 10.9. The Balaban J connectivity index is 1.55. The summed E-state index contributed by atoms with van der Waals surface area (Å²) in [4.78, 5) is 26.3. The Morgan fingerprint density at radius 2 is 1.79 bits per heavy atom. The third-order valence-corrected chi connectivity index (χ3v) is 5.98. The summed E-state index contributed by atoms with van der Waals surface area (Å²) in [6.07, 6.45) is 3.59. The number of aromatic nitrogens is 4. The number of hydrogen-bond donors (Lipinski definition) is 1. The lowest BCUT2D eigenvalue weighted by Gasteiger charge is -2.14. The van der Waals surface area contributed by atoms with Gasteiger partial charge in [-0.3, -0.25) is 9.59 Å². The standard InChI is InChI=1S/C25H24FN5O2/c1-14-10-15(2)22(16(3)11-14)28-21(32)13-30-25(33)24-20(23(29-30)17-4-5-17)12-27-31(24)19-8-6-18(26)7-9-19/h6-12,17H,4-5,13H2,1-3H3,(H,28,32). The van der Waals surface area contributed by atoms with Gasteiger partial charge in [-0.15, -0.1) is 0 Å². The summed E-state index contributed by atoms with van der Waals surface area (Å²) < 4.78 is 16.1. The summed E-state index contributed by atoms with van der Waals surface area (Å²) in [5.41, 5.74) is 5.06. The summed E-state index contributed by atoms with van der Waals surface area (Å²) in [5.74, 6) is -0.449. The number of nitrogens with zero attached hydrogens (tertiary/aromatic N) is 4. The smallest absolute Gasteiger partial charge is 0.293 e. The fourth-order valence-electron chi connectivity index (χ4n) is 4.33. The normalized spacial score (nSPS) is 13.5. The zero-order valence-corrected chi connectivity index (χ0v) is 18.7. The molecule has 0 atom stereocenters. The number of carbonyl (C=O) groups is 1. The van der Waals surface area contributed by atoms with Gasteiger partial charge < -0.3 is 5.32 Å². The van der Waals surface area contributed by atoms with Crippen LogP contribution < -0.4 is 10.9 Å². The van der Waals surface area contributed by atoms with Crippen molar-refractivity contribution in [3.63, 3.8) is 0 Å². The average Bonchev–Trinajstić information content (AvgIpc) is 3.51. The number of carbonyl (C=O) groups excluding carboxylic acids is 1. The highest BCUT2D eigenvalue weighted by Gasteiger charge is 2.30. The Kier molecular flexibility index (Phi) is 5.08. The van der Waals surface area contributed by atoms with Gasteiger partial charge >= 0.3 is 0 Å². The Morgan fingerprint density at radius 3 is 2.42 bits per heavy atom. The number of nitrogens with one attached hydrogen (secondary N) is 1. The summed E-state index contributed by atoms with van der Waals surface area (Å²) >= 11 is 0. The van der Waals surface area contributed by atoms with Crippen molar-refractivity contribution in [2.24, 2.45) is 0 Å². The third-order valence-electron chi connectivity index (χ3n) is 5.98. The van der Waals surface area contributed by atoms with Crippen molar-refractivity contribution in [2.75, 3.05) is 5.32 Å². The lowest BCUT2D eigenvalue weighted by atomic mass is 10.1. The molecule has 7 nitrogen and oxygen atoms in total. The molecule has 1 saturated carbocycles. The largest absolute Gasteiger partial charge is 0.324 e. The van der Waals surface area contributed by atoms with Crippen molar-refractivity contribution in [1.29, 1.82) is 0 Å². The van der Waals surface area contributed by atoms with Gasteiger partial charge in [0.25, 0.3) is 5.56 Å². The molecule has 1 amide bonds. The predicted octanol–water partition coefficient (Wildman–Crippen LogP) is 4.16. The van der Waals surface area contributed by atoms with E-state index in [0.717, 1.165) is 40.9 Å². The molecule has 2 heterocycles. The molecule has 0 radical (unpaired) electrons. The number of hydrogen-bond acceptors (Lipinski definition) is 4. The van der Waals surface area contributed by atoms with E-state index in [1.54, 1.807) is 18.3 Å². The number of rotatable bonds is 5. The number of aryl methyl sites for hydroxylation is 3. The average molecular weight is 445 g/mol. The molecule has 2 aromatic heterocycles. The van der Waals surface area contributed by atoms with E-state index in [4.69, 9.17) is 0 Å². The lowest BCUT2D eigenvalue weighted by molar-refractivity contribution is -0.117. The van der Waals surface area contributed by atoms with E-state index in [9.17, 15) is 14.0 Å². The van der Waals surface area contributed by atoms with Crippen molar-refractivity contribution in [3.8, 4) is 5.69 Å². The molecular formula is C25H24FN5O2. The van der Waals surface area contributed by atoms with Gasteiger partial charge in [0.1, 0.15) is 17.9 Å². The topological polar surface area (TPSA) is 81.8 Å². The number of anilines is 1. The maximum atomic E-state index is 13.4. The molecule has 0 bridgehead atoms. The second kappa shape index (κ2) is 7.95. The van der Waals surface area contributed by atoms with E-state index in [1.807, 2.05) is 32.9 Å². The fraction of sp³-hybridized carbons (Fsp3) is 0.280. The molecule has 8 heteroatoms. The molecule has 5 rings (SSSR count). The number of halogens is 1. The maximum absolute atomic E-state index is 13.4. The van der Waals surface area contributed by atoms with Crippen molar-refractivity contribution < 1.29 is 9.18 Å². The van der Waals surface area contributed by atoms with E-state index in [2.05, 4.69) is 15.5 Å². The first-order chi connectivity index (χ1) is 15.8. The van der Waals surface area contributed by atoms with E-state index < -0.39 is 5.56 Å². The van der Waals surface area contributed by atoms with Crippen LogP contribution in [0.2, 0.25) is 0 Å². The van der Waals surface area contributed by atoms with Crippen LogP contribution in [-0.2, 0) is 11.3 Å². The number of fused-ring (bicyclic) bond motifs is 1. The fourth-order valence-corrected chi connectivity index (χ4v) is 4.33. The van der Waals surface area contributed by atoms with Gasteiger partial charge in [-0.2, -0.15) is 10.2 Å². The van der Waals surface area contributed by atoms with Gasteiger partial charge in [-0.05, 0) is 69.0 Å². The van der Waals surface area contributed by atoms with Gasteiger partial charge in [0.05, 0.1) is 17.6 Å². The predicted molar refractivity (Wildman–Crippen MR) is 124 cm³/mol. The van der Waals surface area contributed by atoms with Crippen molar-refractivity contribution in [1.82, 2.24) is 19.6 Å². The Morgan fingerprint density at radius 1 is 1.12 bits per heavy atom. The van der Waals surface area contributed by atoms with Crippen LogP contribution in [0.15, 0.2) is 47.4 Å². The van der Waals surface area contributed by atoms with Crippen LogP contribution in [-0.4, -0.2) is 25.5 Å². The third kappa shape index (κ3) is 3.92. The molecule has 2 aromatic carbocycles. The Labute approximate surface area is 189 Å². The summed E-state index contributed by atoms with van der Waals surface area (Å²) in [7, 11) is 0. The van der Waals surface area contributed by atoms with Crippen molar-refractivity contribution in [3.05, 3.63) is 81.2 Å². The lowest BCUT2D eigenvalue weighted by Crippen LogP contribution is -2.31. The number of benzene rings is 2. The van der Waals surface area contributed by atoms with Crippen LogP contribution >= 0.6 is 0 Å². The Hall–Kier alpha value is -3.81.